The van der Waals surface area contributed by atoms with Crippen LogP contribution in [0.2, 0.25) is 0 Å². The van der Waals surface area contributed by atoms with Gasteiger partial charge in [-0.3, -0.25) is 10.1 Å². The van der Waals surface area contributed by atoms with Crippen LogP contribution in [0.25, 0.3) is 6.08 Å². The molecule has 0 unspecified atom stereocenters. The molecule has 0 aliphatic carbocycles. The van der Waals surface area contributed by atoms with Gasteiger partial charge >= 0.3 is 0 Å². The second kappa shape index (κ2) is 7.93. The smallest absolute Gasteiger partial charge is 0.268 e. The van der Waals surface area contributed by atoms with Gasteiger partial charge in [-0.25, -0.2) is 4.98 Å². The van der Waals surface area contributed by atoms with Gasteiger partial charge in [0.2, 0.25) is 0 Å². The molecular formula is C18H22N4OS. The number of rotatable bonds is 6. The Balaban J connectivity index is 2.23. The molecule has 2 rings (SSSR count). The highest BCUT2D eigenvalue weighted by molar-refractivity contribution is 7.13. The van der Waals surface area contributed by atoms with E-state index in [1.54, 1.807) is 17.7 Å². The number of carbonyl (C=O) groups excluding carboxylic acids is 1. The summed E-state index contributed by atoms with van der Waals surface area (Å²) >= 11 is 1.32. The third-order valence-electron chi connectivity index (χ3n) is 3.86. The number of aryl methyl sites for hydroxylation is 1. The summed E-state index contributed by atoms with van der Waals surface area (Å²) in [5.74, 6) is 0.198. The highest BCUT2D eigenvalue weighted by Gasteiger charge is 2.14. The molecule has 5 nitrogen and oxygen atoms in total. The number of hydrogen-bond donors (Lipinski definition) is 1. The van der Waals surface area contributed by atoms with E-state index in [0.717, 1.165) is 29.9 Å². The number of amides is 1. The first-order valence-electron chi connectivity index (χ1n) is 7.91. The van der Waals surface area contributed by atoms with Gasteiger partial charge in [0.05, 0.1) is 0 Å². The minimum absolute atomic E-state index is 0.0781. The first-order valence-corrected chi connectivity index (χ1v) is 8.79. The first-order chi connectivity index (χ1) is 11.4. The summed E-state index contributed by atoms with van der Waals surface area (Å²) in [6.07, 6.45) is 4.35. The van der Waals surface area contributed by atoms with Gasteiger partial charge in [-0.15, -0.1) is 11.3 Å². The van der Waals surface area contributed by atoms with Crippen molar-refractivity contribution in [3.8, 4) is 6.07 Å². The van der Waals surface area contributed by atoms with E-state index in [1.807, 2.05) is 26.0 Å². The quantitative estimate of drug-likeness (QED) is 0.633. The molecule has 1 amide bonds. The van der Waals surface area contributed by atoms with Crippen LogP contribution in [0.3, 0.4) is 0 Å². The molecule has 2 heterocycles. The molecule has 0 aromatic carbocycles. The molecule has 0 bridgehead atoms. The summed E-state index contributed by atoms with van der Waals surface area (Å²) in [5, 5.41) is 14.2. The molecule has 0 saturated heterocycles. The Morgan fingerprint density at radius 3 is 2.83 bits per heavy atom. The maximum Gasteiger partial charge on any atom is 0.268 e. The molecule has 126 valence electrons. The Hall–Kier alpha value is -2.39. The molecule has 6 heteroatoms. The highest BCUT2D eigenvalue weighted by Crippen LogP contribution is 2.20. The van der Waals surface area contributed by atoms with Crippen molar-refractivity contribution in [3.63, 3.8) is 0 Å². The maximum absolute atomic E-state index is 12.2. The lowest BCUT2D eigenvalue weighted by Gasteiger charge is -2.11. The fourth-order valence-corrected chi connectivity index (χ4v) is 2.98. The van der Waals surface area contributed by atoms with Crippen LogP contribution in [0.5, 0.6) is 0 Å². The van der Waals surface area contributed by atoms with Crippen LogP contribution in [0.1, 0.15) is 37.2 Å². The summed E-state index contributed by atoms with van der Waals surface area (Å²) < 4.78 is 2.24. The van der Waals surface area contributed by atoms with E-state index in [1.165, 1.54) is 11.3 Å². The Labute approximate surface area is 146 Å². The van der Waals surface area contributed by atoms with Crippen LogP contribution in [0, 0.1) is 31.1 Å². The molecule has 24 heavy (non-hydrogen) atoms. The second-order valence-electron chi connectivity index (χ2n) is 6.12. The Kier molecular flexibility index (Phi) is 5.93. The molecule has 0 aliphatic heterocycles. The zero-order chi connectivity index (χ0) is 17.7. The molecule has 0 aliphatic rings. The van der Waals surface area contributed by atoms with Crippen LogP contribution in [0.4, 0.5) is 5.13 Å². The number of nitrogens with one attached hydrogen (secondary N) is 1. The minimum atomic E-state index is -0.431. The molecular weight excluding hydrogens is 320 g/mol. The molecule has 0 radical (unpaired) electrons. The van der Waals surface area contributed by atoms with Gasteiger partial charge < -0.3 is 4.57 Å². The maximum atomic E-state index is 12.2. The zero-order valence-electron chi connectivity index (χ0n) is 14.5. The Morgan fingerprint density at radius 1 is 1.50 bits per heavy atom. The lowest BCUT2D eigenvalue weighted by molar-refractivity contribution is -0.112. The summed E-state index contributed by atoms with van der Waals surface area (Å²) in [5.41, 5.74) is 3.19. The number of hydrogen-bond acceptors (Lipinski definition) is 4. The lowest BCUT2D eigenvalue weighted by atomic mass is 10.1. The van der Waals surface area contributed by atoms with Gasteiger partial charge in [0.1, 0.15) is 11.6 Å². The topological polar surface area (TPSA) is 70.7 Å². The molecule has 0 spiro atoms. The van der Waals surface area contributed by atoms with Crippen LogP contribution in [0.15, 0.2) is 23.2 Å². The van der Waals surface area contributed by atoms with Crippen LogP contribution >= 0.6 is 11.3 Å². The SMILES string of the molecule is Cc1cc(/C=C(\C#N)C(=O)Nc2nccs2)c(C)n1CCC(C)C. The molecule has 2 aromatic heterocycles. The minimum Gasteiger partial charge on any atom is -0.349 e. The van der Waals surface area contributed by atoms with E-state index < -0.39 is 5.91 Å². The van der Waals surface area contributed by atoms with Gasteiger partial charge in [-0.05, 0) is 43.9 Å². The first kappa shape index (κ1) is 18.0. The van der Waals surface area contributed by atoms with E-state index in [0.29, 0.717) is 11.0 Å². The monoisotopic (exact) mass is 342 g/mol. The van der Waals surface area contributed by atoms with Crippen molar-refractivity contribution >= 4 is 28.5 Å². The van der Waals surface area contributed by atoms with E-state index in [9.17, 15) is 10.1 Å². The number of thiazole rings is 1. The normalized spacial score (nSPS) is 11.6. The third kappa shape index (κ3) is 4.33. The van der Waals surface area contributed by atoms with E-state index in [4.69, 9.17) is 0 Å². The van der Waals surface area contributed by atoms with E-state index in [2.05, 4.69) is 28.7 Å². The molecule has 0 saturated carbocycles. The van der Waals surface area contributed by atoms with Gasteiger partial charge in [-0.2, -0.15) is 5.26 Å². The zero-order valence-corrected chi connectivity index (χ0v) is 15.3. The van der Waals surface area contributed by atoms with Crippen molar-refractivity contribution in [2.75, 3.05) is 5.32 Å². The lowest BCUT2D eigenvalue weighted by Crippen LogP contribution is -2.13. The molecule has 2 aromatic rings. The predicted octanol–water partition coefficient (Wildman–Crippen LogP) is 4.15. The average molecular weight is 342 g/mol. The van der Waals surface area contributed by atoms with Gasteiger partial charge in [0, 0.05) is 29.5 Å². The number of nitrogens with zero attached hydrogens (tertiary/aromatic N) is 3. The average Bonchev–Trinajstić information content (AvgIpc) is 3.12. The van der Waals surface area contributed by atoms with Crippen molar-refractivity contribution in [3.05, 3.63) is 40.2 Å². The summed E-state index contributed by atoms with van der Waals surface area (Å²) in [6.45, 7) is 9.41. The van der Waals surface area contributed by atoms with Gasteiger partial charge in [0.15, 0.2) is 5.13 Å². The largest absolute Gasteiger partial charge is 0.349 e. The van der Waals surface area contributed by atoms with Crippen LogP contribution in [-0.4, -0.2) is 15.5 Å². The number of nitriles is 1. The van der Waals surface area contributed by atoms with Crippen LogP contribution in [-0.2, 0) is 11.3 Å². The Bertz CT molecular complexity index is 779. The van der Waals surface area contributed by atoms with Crippen LogP contribution < -0.4 is 5.32 Å². The predicted molar refractivity (Wildman–Crippen MR) is 97.7 cm³/mol. The standard InChI is InChI=1S/C18H22N4OS/c1-12(2)5-7-22-13(3)9-15(14(22)4)10-16(11-19)17(23)21-18-20-6-8-24-18/h6,8-10,12H,5,7H2,1-4H3,(H,20,21,23)/b16-10+. The number of carbonyl (C=O) groups is 1. The molecule has 1 N–H and O–H groups in total. The van der Waals surface area contributed by atoms with E-state index in [-0.39, 0.29) is 5.57 Å². The van der Waals surface area contributed by atoms with Gasteiger partial charge in [0.25, 0.3) is 5.91 Å². The fourth-order valence-electron chi connectivity index (χ4n) is 2.46. The van der Waals surface area contributed by atoms with Crippen molar-refractivity contribution < 1.29 is 4.79 Å². The summed E-state index contributed by atoms with van der Waals surface area (Å²) in [6, 6.07) is 4.00. The van der Waals surface area contributed by atoms with Crippen molar-refractivity contribution in [2.45, 2.75) is 40.7 Å². The molecule has 0 fully saturated rings. The number of anilines is 1. The highest BCUT2D eigenvalue weighted by atomic mass is 32.1. The summed E-state index contributed by atoms with van der Waals surface area (Å²) in [4.78, 5) is 16.2. The van der Waals surface area contributed by atoms with E-state index >= 15 is 0 Å². The fraction of sp³-hybridized carbons (Fsp3) is 0.389. The van der Waals surface area contributed by atoms with Crippen molar-refractivity contribution in [1.82, 2.24) is 9.55 Å². The summed E-state index contributed by atoms with van der Waals surface area (Å²) in [7, 11) is 0. The van der Waals surface area contributed by atoms with Gasteiger partial charge in [-0.1, -0.05) is 13.8 Å². The Morgan fingerprint density at radius 2 is 2.25 bits per heavy atom. The molecule has 0 atom stereocenters. The van der Waals surface area contributed by atoms with Crippen molar-refractivity contribution in [2.24, 2.45) is 5.92 Å². The van der Waals surface area contributed by atoms with Crippen molar-refractivity contribution in [1.29, 1.82) is 5.26 Å². The second-order valence-corrected chi connectivity index (χ2v) is 7.02. The third-order valence-corrected chi connectivity index (χ3v) is 4.55. The number of aromatic nitrogens is 2.